The Hall–Kier alpha value is -1.52. The van der Waals surface area contributed by atoms with Crippen LogP contribution in [-0.4, -0.2) is 28.6 Å². The average molecular weight is 319 g/mol. The van der Waals surface area contributed by atoms with Crippen LogP contribution in [0.3, 0.4) is 0 Å². The summed E-state index contributed by atoms with van der Waals surface area (Å²) in [7, 11) is 1.84. The molecular formula is C18H33N5. The zero-order valence-electron chi connectivity index (χ0n) is 15.4. The van der Waals surface area contributed by atoms with E-state index in [1.54, 1.807) is 0 Å². The van der Waals surface area contributed by atoms with Crippen molar-refractivity contribution in [2.75, 3.05) is 7.05 Å². The van der Waals surface area contributed by atoms with Gasteiger partial charge in [-0.05, 0) is 37.0 Å². The first-order chi connectivity index (χ1) is 10.9. The van der Waals surface area contributed by atoms with Crippen molar-refractivity contribution in [3.05, 3.63) is 18.2 Å². The Morgan fingerprint density at radius 1 is 1.39 bits per heavy atom. The summed E-state index contributed by atoms with van der Waals surface area (Å²) >= 11 is 0. The number of aliphatic imine (C=N–C) groups is 1. The third kappa shape index (κ3) is 5.56. The van der Waals surface area contributed by atoms with Crippen molar-refractivity contribution < 1.29 is 0 Å². The average Bonchev–Trinajstić information content (AvgIpc) is 2.91. The van der Waals surface area contributed by atoms with E-state index in [0.717, 1.165) is 18.3 Å². The molecule has 1 saturated carbocycles. The first-order valence-electron chi connectivity index (χ1n) is 8.87. The zero-order chi connectivity index (χ0) is 16.9. The smallest absolute Gasteiger partial charge is 0.191 e. The molecule has 23 heavy (non-hydrogen) atoms. The monoisotopic (exact) mass is 319 g/mol. The fraction of sp³-hybridized carbons (Fsp3) is 0.778. The van der Waals surface area contributed by atoms with E-state index in [1.807, 2.05) is 13.2 Å². The molecule has 1 aromatic heterocycles. The Morgan fingerprint density at radius 2 is 2.09 bits per heavy atom. The van der Waals surface area contributed by atoms with Crippen molar-refractivity contribution >= 4 is 5.96 Å². The van der Waals surface area contributed by atoms with E-state index < -0.39 is 0 Å². The van der Waals surface area contributed by atoms with Crippen molar-refractivity contribution in [1.29, 1.82) is 0 Å². The molecule has 0 unspecified atom stereocenters. The van der Waals surface area contributed by atoms with Gasteiger partial charge in [-0.25, -0.2) is 4.98 Å². The second-order valence-corrected chi connectivity index (χ2v) is 7.90. The van der Waals surface area contributed by atoms with E-state index in [0.29, 0.717) is 23.9 Å². The second kappa shape index (κ2) is 7.84. The van der Waals surface area contributed by atoms with Crippen LogP contribution < -0.4 is 10.6 Å². The number of hydrogen-bond acceptors (Lipinski definition) is 2. The zero-order valence-corrected chi connectivity index (χ0v) is 15.4. The highest BCUT2D eigenvalue weighted by Crippen LogP contribution is 2.34. The number of imidazole rings is 1. The predicted molar refractivity (Wildman–Crippen MR) is 96.4 cm³/mol. The van der Waals surface area contributed by atoms with Crippen LogP contribution in [0, 0.1) is 11.3 Å². The van der Waals surface area contributed by atoms with Gasteiger partial charge >= 0.3 is 0 Å². The maximum Gasteiger partial charge on any atom is 0.191 e. The summed E-state index contributed by atoms with van der Waals surface area (Å²) in [6, 6.07) is 0.532. The molecule has 0 atom stereocenters. The maximum absolute atomic E-state index is 4.46. The van der Waals surface area contributed by atoms with E-state index in [9.17, 15) is 0 Å². The van der Waals surface area contributed by atoms with Crippen LogP contribution in [0.5, 0.6) is 0 Å². The Labute approximate surface area is 141 Å². The van der Waals surface area contributed by atoms with Gasteiger partial charge in [0.25, 0.3) is 0 Å². The summed E-state index contributed by atoms with van der Waals surface area (Å²) < 4.78 is 2.22. The number of nitrogens with one attached hydrogen (secondary N) is 2. The van der Waals surface area contributed by atoms with Gasteiger partial charge in [-0.3, -0.25) is 4.99 Å². The van der Waals surface area contributed by atoms with E-state index in [4.69, 9.17) is 0 Å². The molecule has 2 N–H and O–H groups in total. The lowest BCUT2D eigenvalue weighted by molar-refractivity contribution is 0.216. The number of nitrogens with zero attached hydrogens (tertiary/aromatic N) is 3. The van der Waals surface area contributed by atoms with E-state index in [-0.39, 0.29) is 0 Å². The van der Waals surface area contributed by atoms with E-state index >= 15 is 0 Å². The minimum absolute atomic E-state index is 0.497. The molecule has 5 heteroatoms. The van der Waals surface area contributed by atoms with Crippen LogP contribution in [0.1, 0.15) is 59.2 Å². The molecular weight excluding hydrogens is 286 g/mol. The second-order valence-electron chi connectivity index (χ2n) is 7.90. The van der Waals surface area contributed by atoms with Gasteiger partial charge in [-0.15, -0.1) is 0 Å². The van der Waals surface area contributed by atoms with Gasteiger partial charge in [-0.1, -0.05) is 27.7 Å². The van der Waals surface area contributed by atoms with Crippen molar-refractivity contribution in [2.24, 2.45) is 16.3 Å². The van der Waals surface area contributed by atoms with Crippen molar-refractivity contribution in [3.8, 4) is 0 Å². The summed E-state index contributed by atoms with van der Waals surface area (Å²) in [6.45, 7) is 10.9. The Bertz CT molecular complexity index is 505. The Kier molecular flexibility index (Phi) is 6.08. The van der Waals surface area contributed by atoms with Gasteiger partial charge in [0, 0.05) is 32.0 Å². The molecule has 2 rings (SSSR count). The minimum atomic E-state index is 0.497. The summed E-state index contributed by atoms with van der Waals surface area (Å²) in [5.41, 5.74) is 0.497. The molecule has 1 fully saturated rings. The molecule has 130 valence electrons. The summed E-state index contributed by atoms with van der Waals surface area (Å²) in [6.07, 6.45) is 8.92. The van der Waals surface area contributed by atoms with Gasteiger partial charge in [0.1, 0.15) is 5.82 Å². The maximum atomic E-state index is 4.46. The lowest BCUT2D eigenvalue weighted by Gasteiger charge is -2.35. The van der Waals surface area contributed by atoms with Crippen LogP contribution in [0.4, 0.5) is 0 Å². The molecule has 0 aromatic carbocycles. The van der Waals surface area contributed by atoms with Crippen LogP contribution in [0.2, 0.25) is 0 Å². The summed E-state index contributed by atoms with van der Waals surface area (Å²) in [5, 5.41) is 6.98. The van der Waals surface area contributed by atoms with Crippen molar-refractivity contribution in [2.45, 2.75) is 72.5 Å². The minimum Gasteiger partial charge on any atom is -0.354 e. The highest BCUT2D eigenvalue weighted by Gasteiger charge is 2.27. The van der Waals surface area contributed by atoms with Gasteiger partial charge < -0.3 is 15.2 Å². The van der Waals surface area contributed by atoms with Crippen LogP contribution in [0.15, 0.2) is 17.4 Å². The SMILES string of the molecule is CN=C(NCc1nccn1CC(C)C)NC1CCC(C)(C)CC1. The fourth-order valence-corrected chi connectivity index (χ4v) is 3.16. The predicted octanol–water partition coefficient (Wildman–Crippen LogP) is 3.17. The topological polar surface area (TPSA) is 54.2 Å². The Morgan fingerprint density at radius 3 is 2.70 bits per heavy atom. The molecule has 1 aliphatic carbocycles. The van der Waals surface area contributed by atoms with E-state index in [2.05, 4.69) is 59.1 Å². The molecule has 1 aliphatic rings. The largest absolute Gasteiger partial charge is 0.354 e. The molecule has 0 bridgehead atoms. The highest BCUT2D eigenvalue weighted by atomic mass is 15.2. The van der Waals surface area contributed by atoms with Crippen molar-refractivity contribution in [3.63, 3.8) is 0 Å². The third-order valence-electron chi connectivity index (χ3n) is 4.68. The number of hydrogen-bond donors (Lipinski definition) is 2. The van der Waals surface area contributed by atoms with Crippen LogP contribution >= 0.6 is 0 Å². The van der Waals surface area contributed by atoms with Gasteiger partial charge in [0.2, 0.25) is 0 Å². The van der Waals surface area contributed by atoms with Crippen molar-refractivity contribution in [1.82, 2.24) is 20.2 Å². The van der Waals surface area contributed by atoms with Gasteiger partial charge in [0.15, 0.2) is 5.96 Å². The third-order valence-corrected chi connectivity index (χ3v) is 4.68. The normalized spacial score (nSPS) is 19.1. The molecule has 0 spiro atoms. The fourth-order valence-electron chi connectivity index (χ4n) is 3.16. The lowest BCUT2D eigenvalue weighted by atomic mass is 9.75. The summed E-state index contributed by atoms with van der Waals surface area (Å²) in [4.78, 5) is 8.82. The first kappa shape index (κ1) is 17.8. The van der Waals surface area contributed by atoms with Crippen LogP contribution in [-0.2, 0) is 13.1 Å². The number of guanidine groups is 1. The molecule has 0 amide bonds. The Balaban J connectivity index is 1.83. The molecule has 0 aliphatic heterocycles. The molecule has 1 aromatic rings. The first-order valence-corrected chi connectivity index (χ1v) is 8.87. The van der Waals surface area contributed by atoms with Gasteiger partial charge in [-0.2, -0.15) is 0 Å². The molecule has 0 saturated heterocycles. The van der Waals surface area contributed by atoms with Gasteiger partial charge in [0.05, 0.1) is 6.54 Å². The number of aromatic nitrogens is 2. The van der Waals surface area contributed by atoms with E-state index in [1.165, 1.54) is 25.7 Å². The lowest BCUT2D eigenvalue weighted by Crippen LogP contribution is -2.45. The number of rotatable bonds is 5. The molecule has 0 radical (unpaired) electrons. The molecule has 5 nitrogen and oxygen atoms in total. The highest BCUT2D eigenvalue weighted by molar-refractivity contribution is 5.79. The standard InChI is InChI=1S/C18H33N5/c1-14(2)13-23-11-10-20-16(23)12-21-17(19-5)22-15-6-8-18(3,4)9-7-15/h10-11,14-15H,6-9,12-13H2,1-5H3,(H2,19,21,22). The molecule has 1 heterocycles. The summed E-state index contributed by atoms with van der Waals surface area (Å²) in [5.74, 6) is 2.56. The quantitative estimate of drug-likeness (QED) is 0.647. The van der Waals surface area contributed by atoms with Crippen LogP contribution in [0.25, 0.3) is 0 Å².